The van der Waals surface area contributed by atoms with Crippen LogP contribution < -0.4 is 10.1 Å². The highest BCUT2D eigenvalue weighted by molar-refractivity contribution is 5.85. The average Bonchev–Trinajstić information content (AvgIpc) is 2.42. The Balaban J connectivity index is 0.00000264. The second kappa shape index (κ2) is 9.45. The predicted molar refractivity (Wildman–Crippen MR) is 82.5 cm³/mol. The number of hydrogen-bond acceptors (Lipinski definition) is 4. The van der Waals surface area contributed by atoms with E-state index in [4.69, 9.17) is 0 Å². The number of alkyl halides is 5. The molecule has 0 saturated carbocycles. The molecule has 4 nitrogen and oxygen atoms in total. The molecule has 0 aromatic heterocycles. The van der Waals surface area contributed by atoms with E-state index in [0.29, 0.717) is 26.2 Å². The monoisotopic (exact) mass is 398 g/mol. The van der Waals surface area contributed by atoms with Gasteiger partial charge in [0, 0.05) is 31.7 Å². The molecule has 0 bridgehead atoms. The summed E-state index contributed by atoms with van der Waals surface area (Å²) in [6, 6.07) is 1.13. The van der Waals surface area contributed by atoms with Gasteiger partial charge in [-0.1, -0.05) is 0 Å². The van der Waals surface area contributed by atoms with Crippen LogP contribution in [0.25, 0.3) is 0 Å². The number of nitrogens with zero attached hydrogens (tertiary/aromatic N) is 1. The zero-order valence-corrected chi connectivity index (χ0v) is 13.9. The maximum Gasteiger partial charge on any atom is 0.573 e. The van der Waals surface area contributed by atoms with Crippen molar-refractivity contribution in [1.29, 1.82) is 0 Å². The first-order valence-corrected chi connectivity index (χ1v) is 6.59. The van der Waals surface area contributed by atoms with Crippen molar-refractivity contribution in [2.24, 2.45) is 0 Å². The van der Waals surface area contributed by atoms with Crippen LogP contribution in [0.3, 0.4) is 0 Å². The zero-order valence-electron chi connectivity index (χ0n) is 12.2. The molecule has 0 unspecified atom stereocenters. The fourth-order valence-corrected chi connectivity index (χ4v) is 2.42. The van der Waals surface area contributed by atoms with Gasteiger partial charge in [-0.3, -0.25) is 4.90 Å². The lowest BCUT2D eigenvalue weighted by Gasteiger charge is -2.35. The molecule has 0 aliphatic carbocycles. The molecule has 140 valence electrons. The van der Waals surface area contributed by atoms with Gasteiger partial charge in [-0.25, -0.2) is 8.78 Å². The number of phenols is 1. The highest BCUT2D eigenvalue weighted by Crippen LogP contribution is 2.37. The van der Waals surface area contributed by atoms with Gasteiger partial charge in [-0.05, 0) is 18.2 Å². The van der Waals surface area contributed by atoms with Crippen LogP contribution in [0, 0.1) is 0 Å². The Morgan fingerprint density at radius 3 is 2.21 bits per heavy atom. The van der Waals surface area contributed by atoms with Crippen LogP contribution in [0.15, 0.2) is 18.2 Å². The fraction of sp³-hybridized carbons (Fsp3) is 0.538. The van der Waals surface area contributed by atoms with Crippen LogP contribution in [0.5, 0.6) is 11.5 Å². The van der Waals surface area contributed by atoms with E-state index in [2.05, 4.69) is 10.1 Å². The number of hydrogen-bond donors (Lipinski definition) is 2. The lowest BCUT2D eigenvalue weighted by Crippen LogP contribution is -2.46. The van der Waals surface area contributed by atoms with Crippen molar-refractivity contribution in [2.75, 3.05) is 26.2 Å². The number of rotatable bonds is 4. The lowest BCUT2D eigenvalue weighted by molar-refractivity contribution is -0.274. The Labute approximate surface area is 147 Å². The molecule has 11 heteroatoms. The van der Waals surface area contributed by atoms with E-state index in [1.54, 1.807) is 0 Å². The summed E-state index contributed by atoms with van der Waals surface area (Å²) in [6.07, 6.45) is -7.78. The van der Waals surface area contributed by atoms with Crippen molar-refractivity contribution >= 4 is 24.8 Å². The first kappa shape index (κ1) is 23.0. The van der Waals surface area contributed by atoms with Crippen LogP contribution in [0.4, 0.5) is 22.0 Å². The summed E-state index contributed by atoms with van der Waals surface area (Å²) >= 11 is 0. The summed E-state index contributed by atoms with van der Waals surface area (Å²) in [5.41, 5.74) is -0.279. The van der Waals surface area contributed by atoms with Crippen molar-refractivity contribution in [3.05, 3.63) is 23.8 Å². The van der Waals surface area contributed by atoms with E-state index in [0.717, 1.165) is 18.2 Å². The molecule has 0 spiro atoms. The topological polar surface area (TPSA) is 44.7 Å². The first-order valence-electron chi connectivity index (χ1n) is 6.59. The standard InChI is InChI=1S/C13H15F5N2O2.2ClH/c14-12(15)11(20-5-3-19-4-6-20)9-7-8(1-2-10(9)21)22-13(16,17)18;;/h1-2,7,11-12,19,21H,3-6H2;2*1H/t11-;;/m0../s1. The van der Waals surface area contributed by atoms with E-state index in [-0.39, 0.29) is 30.4 Å². The van der Waals surface area contributed by atoms with Gasteiger partial charge < -0.3 is 15.2 Å². The Bertz CT molecular complexity index is 514. The highest BCUT2D eigenvalue weighted by atomic mass is 35.5. The molecule has 1 fully saturated rings. The van der Waals surface area contributed by atoms with Crippen molar-refractivity contribution in [1.82, 2.24) is 10.2 Å². The number of phenolic OH excluding ortho intramolecular Hbond substituents is 1. The van der Waals surface area contributed by atoms with Gasteiger partial charge in [0.15, 0.2) is 0 Å². The number of nitrogens with one attached hydrogen (secondary N) is 1. The molecule has 2 N–H and O–H groups in total. The molecular weight excluding hydrogens is 382 g/mol. The minimum Gasteiger partial charge on any atom is -0.508 e. The fourth-order valence-electron chi connectivity index (χ4n) is 2.42. The highest BCUT2D eigenvalue weighted by Gasteiger charge is 2.34. The van der Waals surface area contributed by atoms with E-state index >= 15 is 0 Å². The van der Waals surface area contributed by atoms with Gasteiger partial charge in [-0.2, -0.15) is 0 Å². The molecule has 1 heterocycles. The molecule has 2 rings (SSSR count). The van der Waals surface area contributed by atoms with E-state index in [9.17, 15) is 27.1 Å². The van der Waals surface area contributed by atoms with Crippen LogP contribution in [0.2, 0.25) is 0 Å². The second-order valence-corrected chi connectivity index (χ2v) is 4.83. The Morgan fingerprint density at radius 2 is 1.71 bits per heavy atom. The summed E-state index contributed by atoms with van der Waals surface area (Å²) in [5, 5.41) is 12.8. The summed E-state index contributed by atoms with van der Waals surface area (Å²) < 4.78 is 67.2. The molecule has 0 amide bonds. The summed E-state index contributed by atoms with van der Waals surface area (Å²) in [4.78, 5) is 1.42. The maximum absolute atomic E-state index is 13.4. The van der Waals surface area contributed by atoms with Crippen molar-refractivity contribution in [3.63, 3.8) is 0 Å². The molecule has 1 atom stereocenters. The summed E-state index contributed by atoms with van der Waals surface area (Å²) in [7, 11) is 0. The van der Waals surface area contributed by atoms with E-state index in [1.165, 1.54) is 4.90 Å². The number of benzene rings is 1. The van der Waals surface area contributed by atoms with Gasteiger partial charge in [0.2, 0.25) is 0 Å². The summed E-state index contributed by atoms with van der Waals surface area (Å²) in [5.74, 6) is -1.13. The van der Waals surface area contributed by atoms with E-state index in [1.807, 2.05) is 0 Å². The molecular formula is C13H17Cl2F5N2O2. The Hall–Kier alpha value is -1.03. The quantitative estimate of drug-likeness (QED) is 0.763. The number of aromatic hydroxyl groups is 1. The SMILES string of the molecule is Cl.Cl.Oc1ccc(OC(F)(F)F)cc1[C@@H](C(F)F)N1CCNCC1. The van der Waals surface area contributed by atoms with Crippen molar-refractivity contribution in [3.8, 4) is 11.5 Å². The minimum atomic E-state index is -4.93. The third kappa shape index (κ3) is 6.12. The van der Waals surface area contributed by atoms with Gasteiger partial charge in [0.1, 0.15) is 17.5 Å². The molecule has 1 saturated heterocycles. The molecule has 1 aliphatic rings. The Kier molecular flexibility index (Phi) is 9.05. The zero-order chi connectivity index (χ0) is 16.3. The van der Waals surface area contributed by atoms with Crippen LogP contribution >= 0.6 is 24.8 Å². The van der Waals surface area contributed by atoms with Gasteiger partial charge in [0.25, 0.3) is 6.43 Å². The van der Waals surface area contributed by atoms with Crippen LogP contribution in [-0.4, -0.2) is 49.0 Å². The number of piperazine rings is 1. The van der Waals surface area contributed by atoms with Gasteiger partial charge in [0.05, 0.1) is 0 Å². The van der Waals surface area contributed by atoms with Crippen LogP contribution in [-0.2, 0) is 0 Å². The third-order valence-corrected chi connectivity index (χ3v) is 3.33. The van der Waals surface area contributed by atoms with Crippen LogP contribution in [0.1, 0.15) is 11.6 Å². The smallest absolute Gasteiger partial charge is 0.508 e. The summed E-state index contributed by atoms with van der Waals surface area (Å²) in [6.45, 7) is 1.59. The second-order valence-electron chi connectivity index (χ2n) is 4.83. The van der Waals surface area contributed by atoms with Gasteiger partial charge >= 0.3 is 6.36 Å². The Morgan fingerprint density at radius 1 is 1.12 bits per heavy atom. The lowest BCUT2D eigenvalue weighted by atomic mass is 10.0. The van der Waals surface area contributed by atoms with Gasteiger partial charge in [-0.15, -0.1) is 38.0 Å². The largest absolute Gasteiger partial charge is 0.573 e. The van der Waals surface area contributed by atoms with E-state index < -0.39 is 30.3 Å². The molecule has 1 aromatic rings. The first-order chi connectivity index (χ1) is 10.3. The molecule has 1 aliphatic heterocycles. The third-order valence-electron chi connectivity index (χ3n) is 3.33. The predicted octanol–water partition coefficient (Wildman–Crippen LogP) is 3.35. The minimum absolute atomic E-state index is 0. The molecule has 24 heavy (non-hydrogen) atoms. The molecule has 1 aromatic carbocycles. The molecule has 0 radical (unpaired) electrons. The number of halogens is 7. The van der Waals surface area contributed by atoms with Crippen molar-refractivity contribution in [2.45, 2.75) is 18.8 Å². The normalized spacial score (nSPS) is 16.9. The van der Waals surface area contributed by atoms with Crippen molar-refractivity contribution < 1.29 is 31.8 Å². The average molecular weight is 399 g/mol. The maximum atomic E-state index is 13.4. The number of ether oxygens (including phenoxy) is 1.